The normalized spacial score (nSPS) is 22.0. The van der Waals surface area contributed by atoms with E-state index < -0.39 is 5.82 Å². The molecule has 2 bridgehead atoms. The molecule has 4 aromatic rings. The third-order valence-electron chi connectivity index (χ3n) is 8.15. The molecule has 0 saturated carbocycles. The standard InChI is InChI=1S/C27H32FN7O/c1-5-35-15-22-24(33(4)20-11-18-6-7-19(12-20)32(18)3)9-8-21(25(22)31-35)27(36)30-17-10-23(28)26-29-16(2)13-34(26)14-17/h8-10,13-15,18-20H,5-7,11-12H2,1-4H3,(H,30,36)/t18-,19+,20?. The number of rotatable bonds is 5. The Morgan fingerprint density at radius 3 is 2.67 bits per heavy atom. The van der Waals surface area contributed by atoms with Gasteiger partial charge in [-0.25, -0.2) is 9.37 Å². The van der Waals surface area contributed by atoms with Crippen LogP contribution >= 0.6 is 0 Å². The number of anilines is 2. The van der Waals surface area contributed by atoms with E-state index in [1.807, 2.05) is 29.9 Å². The number of hydrogen-bond acceptors (Lipinski definition) is 5. The molecule has 2 saturated heterocycles. The first-order valence-corrected chi connectivity index (χ1v) is 12.7. The van der Waals surface area contributed by atoms with Crippen LogP contribution in [0, 0.1) is 12.7 Å². The zero-order valence-corrected chi connectivity index (χ0v) is 21.2. The predicted octanol–water partition coefficient (Wildman–Crippen LogP) is 4.47. The van der Waals surface area contributed by atoms with Crippen molar-refractivity contribution in [3.8, 4) is 0 Å². The van der Waals surface area contributed by atoms with Gasteiger partial charge in [0.05, 0.1) is 16.9 Å². The Bertz CT molecular complexity index is 1460. The fourth-order valence-corrected chi connectivity index (χ4v) is 6.13. The van der Waals surface area contributed by atoms with E-state index in [1.165, 1.54) is 18.9 Å². The second-order valence-electron chi connectivity index (χ2n) is 10.3. The highest BCUT2D eigenvalue weighted by molar-refractivity contribution is 6.13. The van der Waals surface area contributed by atoms with E-state index in [1.54, 1.807) is 23.7 Å². The van der Waals surface area contributed by atoms with Crippen LogP contribution in [0.1, 0.15) is 48.7 Å². The fraction of sp³-hybridized carbons (Fsp3) is 0.444. The molecule has 2 aliphatic rings. The van der Waals surface area contributed by atoms with Gasteiger partial charge in [0, 0.05) is 67.4 Å². The van der Waals surface area contributed by atoms with Crippen LogP contribution in [0.2, 0.25) is 0 Å². The van der Waals surface area contributed by atoms with Crippen molar-refractivity contribution in [2.75, 3.05) is 24.3 Å². The van der Waals surface area contributed by atoms with Gasteiger partial charge in [0.2, 0.25) is 0 Å². The first-order valence-electron chi connectivity index (χ1n) is 12.7. The maximum atomic E-state index is 14.6. The van der Waals surface area contributed by atoms with Crippen LogP contribution in [-0.2, 0) is 6.54 Å². The zero-order valence-electron chi connectivity index (χ0n) is 21.2. The summed E-state index contributed by atoms with van der Waals surface area (Å²) < 4.78 is 18.0. The second-order valence-corrected chi connectivity index (χ2v) is 10.3. The molecular formula is C27H32FN7O. The highest BCUT2D eigenvalue weighted by Crippen LogP contribution is 2.39. The molecule has 3 aromatic heterocycles. The lowest BCUT2D eigenvalue weighted by atomic mass is 9.96. The van der Waals surface area contributed by atoms with Crippen molar-refractivity contribution in [2.24, 2.45) is 0 Å². The maximum Gasteiger partial charge on any atom is 0.257 e. The van der Waals surface area contributed by atoms with Gasteiger partial charge in [0.15, 0.2) is 11.5 Å². The molecule has 2 fully saturated rings. The molecule has 5 heterocycles. The first-order chi connectivity index (χ1) is 17.3. The zero-order chi connectivity index (χ0) is 25.1. The van der Waals surface area contributed by atoms with Crippen LogP contribution in [-0.4, -0.2) is 62.2 Å². The predicted molar refractivity (Wildman–Crippen MR) is 139 cm³/mol. The highest BCUT2D eigenvalue weighted by Gasteiger charge is 2.40. The number of amides is 1. The van der Waals surface area contributed by atoms with E-state index in [-0.39, 0.29) is 11.6 Å². The molecule has 0 spiro atoms. The molecule has 6 rings (SSSR count). The van der Waals surface area contributed by atoms with Crippen LogP contribution in [0.4, 0.5) is 15.8 Å². The number of carbonyl (C=O) groups is 1. The molecule has 8 nitrogen and oxygen atoms in total. The molecular weight excluding hydrogens is 457 g/mol. The van der Waals surface area contributed by atoms with Gasteiger partial charge in [-0.3, -0.25) is 9.48 Å². The lowest BCUT2D eigenvalue weighted by Gasteiger charge is -2.41. The summed E-state index contributed by atoms with van der Waals surface area (Å²) in [4.78, 5) is 22.5. The monoisotopic (exact) mass is 489 g/mol. The Morgan fingerprint density at radius 1 is 1.19 bits per heavy atom. The Kier molecular flexibility index (Phi) is 5.48. The van der Waals surface area contributed by atoms with Gasteiger partial charge in [-0.05, 0) is 58.7 Å². The van der Waals surface area contributed by atoms with Crippen molar-refractivity contribution >= 4 is 33.8 Å². The number of halogens is 1. The summed E-state index contributed by atoms with van der Waals surface area (Å²) in [7, 11) is 4.42. The lowest BCUT2D eigenvalue weighted by Crippen LogP contribution is -2.48. The minimum absolute atomic E-state index is 0.240. The van der Waals surface area contributed by atoms with Gasteiger partial charge < -0.3 is 19.5 Å². The molecule has 1 unspecified atom stereocenters. The summed E-state index contributed by atoms with van der Waals surface area (Å²) in [5, 5.41) is 8.56. The van der Waals surface area contributed by atoms with Crippen LogP contribution in [0.15, 0.2) is 36.8 Å². The average Bonchev–Trinajstić information content (AvgIpc) is 3.50. The van der Waals surface area contributed by atoms with Crippen molar-refractivity contribution in [3.63, 3.8) is 0 Å². The molecule has 1 aromatic carbocycles. The third-order valence-corrected chi connectivity index (χ3v) is 8.15. The third kappa shape index (κ3) is 3.73. The number of fused-ring (bicyclic) bond motifs is 4. The van der Waals surface area contributed by atoms with Crippen molar-refractivity contribution in [2.45, 2.75) is 64.2 Å². The van der Waals surface area contributed by atoms with Crippen molar-refractivity contribution < 1.29 is 9.18 Å². The molecule has 188 valence electrons. The second kappa shape index (κ2) is 8.58. The number of benzene rings is 1. The average molecular weight is 490 g/mol. The van der Waals surface area contributed by atoms with E-state index in [2.05, 4.69) is 34.2 Å². The molecule has 0 aliphatic carbocycles. The van der Waals surface area contributed by atoms with E-state index >= 15 is 0 Å². The topological polar surface area (TPSA) is 70.7 Å². The Balaban J connectivity index is 1.33. The number of hydrogen-bond donors (Lipinski definition) is 1. The minimum atomic E-state index is -0.481. The fourth-order valence-electron chi connectivity index (χ4n) is 6.13. The molecule has 1 N–H and O–H groups in total. The quantitative estimate of drug-likeness (QED) is 0.448. The number of carbonyl (C=O) groups excluding carboxylic acids is 1. The number of aromatic nitrogens is 4. The van der Waals surface area contributed by atoms with Gasteiger partial charge in [-0.1, -0.05) is 0 Å². The van der Waals surface area contributed by atoms with Gasteiger partial charge >= 0.3 is 0 Å². The van der Waals surface area contributed by atoms with Crippen molar-refractivity contribution in [1.82, 2.24) is 24.1 Å². The number of nitrogens with zero attached hydrogens (tertiary/aromatic N) is 6. The lowest BCUT2D eigenvalue weighted by molar-refractivity contribution is 0.102. The summed E-state index contributed by atoms with van der Waals surface area (Å²) in [5.74, 6) is -0.797. The van der Waals surface area contributed by atoms with Crippen LogP contribution in [0.25, 0.3) is 16.6 Å². The first kappa shape index (κ1) is 23.0. The molecule has 3 atom stereocenters. The minimum Gasteiger partial charge on any atom is -0.371 e. The molecule has 1 amide bonds. The number of aryl methyl sites for hydroxylation is 2. The smallest absolute Gasteiger partial charge is 0.257 e. The Morgan fingerprint density at radius 2 is 1.94 bits per heavy atom. The molecule has 0 radical (unpaired) electrons. The summed E-state index contributed by atoms with van der Waals surface area (Å²) in [6.07, 6.45) is 10.3. The van der Waals surface area contributed by atoms with Gasteiger partial charge in [-0.2, -0.15) is 5.10 Å². The molecule has 2 aliphatic heterocycles. The molecule has 36 heavy (non-hydrogen) atoms. The summed E-state index contributed by atoms with van der Waals surface area (Å²) in [6, 6.07) is 6.93. The van der Waals surface area contributed by atoms with Crippen molar-refractivity contribution in [3.05, 3.63) is 53.9 Å². The van der Waals surface area contributed by atoms with E-state index in [0.717, 1.165) is 23.9 Å². The Labute approximate surface area is 209 Å². The number of imidazole rings is 1. The van der Waals surface area contributed by atoms with Gasteiger partial charge in [0.25, 0.3) is 5.91 Å². The maximum absolute atomic E-state index is 14.6. The number of pyridine rings is 1. The largest absolute Gasteiger partial charge is 0.371 e. The summed E-state index contributed by atoms with van der Waals surface area (Å²) in [6.45, 7) is 4.55. The number of piperidine rings is 1. The highest BCUT2D eigenvalue weighted by atomic mass is 19.1. The van der Waals surface area contributed by atoms with Gasteiger partial charge in [-0.15, -0.1) is 0 Å². The Hall–Kier alpha value is -3.46. The van der Waals surface area contributed by atoms with Crippen LogP contribution < -0.4 is 10.2 Å². The van der Waals surface area contributed by atoms with Gasteiger partial charge in [0.1, 0.15) is 5.52 Å². The summed E-state index contributed by atoms with van der Waals surface area (Å²) in [5.41, 5.74) is 3.55. The van der Waals surface area contributed by atoms with Crippen LogP contribution in [0.3, 0.4) is 0 Å². The van der Waals surface area contributed by atoms with Crippen LogP contribution in [0.5, 0.6) is 0 Å². The molecule has 9 heteroatoms. The van der Waals surface area contributed by atoms with E-state index in [4.69, 9.17) is 5.10 Å². The number of nitrogens with one attached hydrogen (secondary N) is 1. The van der Waals surface area contributed by atoms with Crippen molar-refractivity contribution in [1.29, 1.82) is 0 Å². The van der Waals surface area contributed by atoms with E-state index in [0.29, 0.717) is 47.1 Å². The summed E-state index contributed by atoms with van der Waals surface area (Å²) >= 11 is 0. The SMILES string of the molecule is CCn1cc2c(N(C)C3C[C@H]4CC[C@@H](C3)N4C)ccc(C(=O)Nc3cc(F)c4nc(C)cn4c3)c2n1. The van der Waals surface area contributed by atoms with E-state index in [9.17, 15) is 9.18 Å².